The zero-order valence-corrected chi connectivity index (χ0v) is 26.9. The number of ketones is 4. The number of benzene rings is 2. The molecule has 2 aromatic carbocycles. The van der Waals surface area contributed by atoms with Gasteiger partial charge in [0, 0.05) is 59.7 Å². The topological polar surface area (TPSA) is 97.4 Å². The van der Waals surface area contributed by atoms with Crippen molar-refractivity contribution in [2.24, 2.45) is 16.2 Å². The van der Waals surface area contributed by atoms with Crippen molar-refractivity contribution in [3.8, 4) is 0 Å². The highest BCUT2D eigenvalue weighted by Gasteiger charge is 2.46. The molecule has 2 aromatic rings. The number of aldehydes is 1. The summed E-state index contributed by atoms with van der Waals surface area (Å²) in [5.74, 6) is 0.348. The van der Waals surface area contributed by atoms with Crippen LogP contribution in [-0.2, 0) is 19.2 Å². The van der Waals surface area contributed by atoms with Gasteiger partial charge in [0.2, 0.25) is 0 Å². The lowest BCUT2D eigenvalue weighted by molar-refractivity contribution is -0.133. The summed E-state index contributed by atoms with van der Waals surface area (Å²) < 4.78 is 0. The molecule has 1 N–H and O–H groups in total. The van der Waals surface area contributed by atoms with Crippen molar-refractivity contribution in [1.82, 2.24) is 5.32 Å². The van der Waals surface area contributed by atoms with E-state index in [0.29, 0.717) is 25.7 Å². The summed E-state index contributed by atoms with van der Waals surface area (Å²) in [5.41, 5.74) is 5.32. The first-order valence-electron chi connectivity index (χ1n) is 15.5. The van der Waals surface area contributed by atoms with E-state index in [0.717, 1.165) is 52.8 Å². The summed E-state index contributed by atoms with van der Waals surface area (Å²) in [4.78, 5) is 58.0. The van der Waals surface area contributed by atoms with Crippen molar-refractivity contribution >= 4 is 29.4 Å². The molecule has 6 rings (SSSR count). The van der Waals surface area contributed by atoms with E-state index in [1.807, 2.05) is 62.4 Å². The van der Waals surface area contributed by atoms with Gasteiger partial charge in [-0.3, -0.25) is 24.0 Å². The van der Waals surface area contributed by atoms with Crippen LogP contribution in [0.1, 0.15) is 108 Å². The number of carbonyl (C=O) groups excluding carboxylic acids is 5. The molecule has 0 spiro atoms. The lowest BCUT2D eigenvalue weighted by atomic mass is 9.64. The molecule has 0 radical (unpaired) electrons. The average molecular weight is 596 g/mol. The molecule has 0 aromatic heterocycles. The predicted octanol–water partition coefficient (Wildman–Crippen LogP) is 7.49. The second-order valence-corrected chi connectivity index (χ2v) is 14.9. The molecule has 0 bridgehead atoms. The Morgan fingerprint density at radius 3 is 1.39 bits per heavy atom. The molecule has 0 atom stereocenters. The Kier molecular flexibility index (Phi) is 9.72. The van der Waals surface area contributed by atoms with E-state index >= 15 is 0 Å². The molecule has 6 heteroatoms. The molecular weight excluding hydrogens is 550 g/mol. The molecule has 232 valence electrons. The summed E-state index contributed by atoms with van der Waals surface area (Å²) in [5, 5.41) is 3.55. The highest BCUT2D eigenvalue weighted by molar-refractivity contribution is 6.06. The Hall–Kier alpha value is -3.93. The molecular formula is C38H45NO5. The second-order valence-electron chi connectivity index (χ2n) is 14.9. The monoisotopic (exact) mass is 595 g/mol. The molecule has 1 aliphatic heterocycles. The van der Waals surface area contributed by atoms with Gasteiger partial charge < -0.3 is 5.32 Å². The second kappa shape index (κ2) is 13.0. The largest absolute Gasteiger partial charge is 0.362 e. The fourth-order valence-electron chi connectivity index (χ4n) is 6.87. The Bertz CT molecular complexity index is 1440. The van der Waals surface area contributed by atoms with E-state index in [1.165, 1.54) is 0 Å². The van der Waals surface area contributed by atoms with E-state index < -0.39 is 0 Å². The zero-order valence-electron chi connectivity index (χ0n) is 26.9. The van der Waals surface area contributed by atoms with Crippen LogP contribution in [0.3, 0.4) is 0 Å². The Labute approximate surface area is 261 Å². The van der Waals surface area contributed by atoms with Gasteiger partial charge in [-0.05, 0) is 34.7 Å². The van der Waals surface area contributed by atoms with Gasteiger partial charge in [0.05, 0.1) is 6.42 Å². The minimum Gasteiger partial charge on any atom is -0.362 e. The smallest absolute Gasteiger partial charge is 0.162 e. The predicted molar refractivity (Wildman–Crippen MR) is 172 cm³/mol. The number of nitrogens with one attached hydrogen (secondary N) is 1. The fourth-order valence-corrected chi connectivity index (χ4v) is 6.87. The Balaban J connectivity index is 0.000000200. The number of rotatable bonds is 2. The highest BCUT2D eigenvalue weighted by Crippen LogP contribution is 2.50. The van der Waals surface area contributed by atoms with Crippen molar-refractivity contribution in [2.45, 2.75) is 92.4 Å². The van der Waals surface area contributed by atoms with Crippen LogP contribution in [0.4, 0.5) is 0 Å². The van der Waals surface area contributed by atoms with Crippen molar-refractivity contribution < 1.29 is 24.0 Å². The minimum absolute atomic E-state index is 0.0452. The van der Waals surface area contributed by atoms with Gasteiger partial charge in [-0.1, -0.05) is 102 Å². The third kappa shape index (κ3) is 8.16. The normalized spacial score (nSPS) is 22.0. The molecule has 4 aliphatic rings. The molecule has 1 saturated carbocycles. The third-order valence-electron chi connectivity index (χ3n) is 8.53. The van der Waals surface area contributed by atoms with E-state index in [1.54, 1.807) is 12.1 Å². The number of hydrogen-bond donors (Lipinski definition) is 1. The van der Waals surface area contributed by atoms with Crippen molar-refractivity contribution in [2.75, 3.05) is 0 Å². The lowest BCUT2D eigenvalue weighted by Crippen LogP contribution is -2.42. The molecule has 0 amide bonds. The number of dihydropyridines is 1. The Morgan fingerprint density at radius 2 is 1.00 bits per heavy atom. The summed E-state index contributed by atoms with van der Waals surface area (Å²) in [6, 6.07) is 19.2. The van der Waals surface area contributed by atoms with Crippen LogP contribution in [0.2, 0.25) is 0 Å². The van der Waals surface area contributed by atoms with Crippen LogP contribution < -0.4 is 5.32 Å². The Morgan fingerprint density at radius 1 is 0.591 bits per heavy atom. The maximum absolute atomic E-state index is 13.1. The van der Waals surface area contributed by atoms with Crippen molar-refractivity contribution in [3.63, 3.8) is 0 Å². The molecule has 0 unspecified atom stereocenters. The van der Waals surface area contributed by atoms with Crippen LogP contribution in [0.5, 0.6) is 0 Å². The van der Waals surface area contributed by atoms with E-state index in [9.17, 15) is 24.0 Å². The van der Waals surface area contributed by atoms with E-state index in [2.05, 4.69) is 33.0 Å². The van der Waals surface area contributed by atoms with Crippen LogP contribution >= 0.6 is 0 Å². The first-order chi connectivity index (χ1) is 20.6. The zero-order chi connectivity index (χ0) is 32.3. The average Bonchev–Trinajstić information content (AvgIpc) is 2.91. The molecule has 3 aliphatic carbocycles. The van der Waals surface area contributed by atoms with Crippen molar-refractivity contribution in [1.29, 1.82) is 0 Å². The maximum Gasteiger partial charge on any atom is 0.162 e. The number of allylic oxidation sites excluding steroid dienone is 4. The maximum atomic E-state index is 13.1. The summed E-state index contributed by atoms with van der Waals surface area (Å²) >= 11 is 0. The number of hydrogen-bond acceptors (Lipinski definition) is 6. The van der Waals surface area contributed by atoms with Gasteiger partial charge in [-0.25, -0.2) is 0 Å². The van der Waals surface area contributed by atoms with Crippen molar-refractivity contribution in [3.05, 3.63) is 94.3 Å². The van der Waals surface area contributed by atoms with Gasteiger partial charge in [-0.15, -0.1) is 0 Å². The van der Waals surface area contributed by atoms with E-state index in [-0.39, 0.29) is 51.7 Å². The number of carbonyl (C=O) groups is 5. The number of Topliss-reactive ketones (excluding diaryl/α,β-unsaturated/α-hetero) is 4. The molecule has 44 heavy (non-hydrogen) atoms. The summed E-state index contributed by atoms with van der Waals surface area (Å²) in [6.45, 7) is 12.5. The first kappa shape index (κ1) is 33.0. The van der Waals surface area contributed by atoms with Gasteiger partial charge in [-0.2, -0.15) is 0 Å². The van der Waals surface area contributed by atoms with E-state index in [4.69, 9.17) is 0 Å². The van der Waals surface area contributed by atoms with Crippen LogP contribution in [0, 0.1) is 16.2 Å². The van der Waals surface area contributed by atoms with Gasteiger partial charge in [0.1, 0.15) is 17.9 Å². The van der Waals surface area contributed by atoms with Gasteiger partial charge >= 0.3 is 0 Å². The van der Waals surface area contributed by atoms with Crippen LogP contribution in [0.15, 0.2) is 83.2 Å². The standard InChI is InChI=1S/C23H27NO2.C8H12O2.C7H6O/c1-22(2)10-15-20(17(25)12-22)19(14-8-6-5-7-9-14)21-16(24-15)11-23(3,4)13-18(21)26;1-8(2)4-6(9)3-7(10)5-8;8-6-7-4-2-1-3-5-7/h5-9,19,24H,10-13H2,1-4H3;3-5H2,1-2H3;1-6H. The minimum atomic E-state index is -0.213. The lowest BCUT2D eigenvalue weighted by Gasteiger charge is -2.44. The first-order valence-corrected chi connectivity index (χ1v) is 15.5. The highest BCUT2D eigenvalue weighted by atomic mass is 16.2. The molecule has 0 saturated heterocycles. The van der Waals surface area contributed by atoms with Crippen LogP contribution in [-0.4, -0.2) is 29.4 Å². The summed E-state index contributed by atoms with van der Waals surface area (Å²) in [7, 11) is 0. The van der Waals surface area contributed by atoms with Gasteiger partial charge in [0.15, 0.2) is 11.6 Å². The quantitative estimate of drug-likeness (QED) is 0.285. The van der Waals surface area contributed by atoms with Crippen LogP contribution in [0.25, 0.3) is 0 Å². The summed E-state index contributed by atoms with van der Waals surface area (Å²) in [6.07, 6.45) is 4.92. The SMILES string of the molecule is CC1(C)CC(=O)C2=C(C1)NC1=C(C(=O)CC(C)(C)C1)C2c1ccccc1.CC1(C)CC(=O)CC(=O)C1.O=Cc1ccccc1. The third-order valence-corrected chi connectivity index (χ3v) is 8.53. The van der Waals surface area contributed by atoms with Gasteiger partial charge in [0.25, 0.3) is 0 Å². The fraction of sp³-hybridized carbons (Fsp3) is 0.447. The molecule has 1 fully saturated rings. The molecule has 1 heterocycles. The molecule has 6 nitrogen and oxygen atoms in total.